The maximum atomic E-state index is 11.4. The number of hydrogen-bond acceptors (Lipinski definition) is 6. The second-order valence-electron chi connectivity index (χ2n) is 4.93. The molecule has 10 heteroatoms. The molecular formula is C11H14N6O2S2. The van der Waals surface area contributed by atoms with Gasteiger partial charge in [-0.2, -0.15) is 0 Å². The van der Waals surface area contributed by atoms with Crippen LogP contribution in [0.4, 0.5) is 5.82 Å². The Morgan fingerprint density at radius 2 is 2.29 bits per heavy atom. The number of nitrogens with zero attached hydrogens (tertiary/aromatic N) is 3. The Hall–Kier alpha value is -1.81. The van der Waals surface area contributed by atoms with Crippen LogP contribution in [-0.2, 0) is 9.84 Å². The largest absolute Gasteiger partial charge is 0.362 e. The molecule has 2 aromatic rings. The van der Waals surface area contributed by atoms with E-state index in [9.17, 15) is 8.42 Å². The molecule has 3 heterocycles. The van der Waals surface area contributed by atoms with Gasteiger partial charge in [-0.1, -0.05) is 0 Å². The predicted octanol–water partition coefficient (Wildman–Crippen LogP) is 0.0740. The van der Waals surface area contributed by atoms with Gasteiger partial charge in [-0.05, 0) is 24.6 Å². The highest BCUT2D eigenvalue weighted by molar-refractivity contribution is 7.91. The number of sulfone groups is 1. The number of imidazole rings is 1. The van der Waals surface area contributed by atoms with Crippen molar-refractivity contribution in [3.05, 3.63) is 12.7 Å². The van der Waals surface area contributed by atoms with Crippen molar-refractivity contribution >= 4 is 44.1 Å². The monoisotopic (exact) mass is 326 g/mol. The van der Waals surface area contributed by atoms with Gasteiger partial charge in [0.15, 0.2) is 26.4 Å². The molecule has 0 unspecified atom stereocenters. The first-order valence-corrected chi connectivity index (χ1v) is 8.66. The van der Waals surface area contributed by atoms with E-state index < -0.39 is 9.84 Å². The normalized spacial score (nSPS) is 20.5. The lowest BCUT2D eigenvalue weighted by Crippen LogP contribution is -2.33. The first-order chi connectivity index (χ1) is 10.0. The molecule has 0 aromatic carbocycles. The fourth-order valence-electron chi connectivity index (χ4n) is 2.28. The zero-order valence-corrected chi connectivity index (χ0v) is 12.7. The fraction of sp³-hybridized carbons (Fsp3) is 0.455. The zero-order chi connectivity index (χ0) is 14.9. The molecule has 2 aromatic heterocycles. The van der Waals surface area contributed by atoms with E-state index in [1.54, 1.807) is 0 Å². The molecule has 0 saturated carbocycles. The summed E-state index contributed by atoms with van der Waals surface area (Å²) in [6, 6.07) is 0. The molecule has 0 bridgehead atoms. The van der Waals surface area contributed by atoms with E-state index in [1.807, 2.05) is 0 Å². The highest BCUT2D eigenvalue weighted by atomic mass is 32.2. The average molecular weight is 326 g/mol. The van der Waals surface area contributed by atoms with E-state index in [4.69, 9.17) is 12.2 Å². The Labute approximate surface area is 126 Å². The molecule has 1 aliphatic heterocycles. The van der Waals surface area contributed by atoms with Gasteiger partial charge in [-0.15, -0.1) is 0 Å². The number of thiocarbonyl (C=S) groups is 1. The van der Waals surface area contributed by atoms with Crippen LogP contribution in [0.2, 0.25) is 0 Å². The molecule has 0 aliphatic carbocycles. The Morgan fingerprint density at radius 3 is 3.05 bits per heavy atom. The number of anilines is 1. The summed E-state index contributed by atoms with van der Waals surface area (Å²) in [6.07, 6.45) is 3.61. The summed E-state index contributed by atoms with van der Waals surface area (Å²) >= 11 is 5.20. The molecule has 3 N–H and O–H groups in total. The van der Waals surface area contributed by atoms with Crippen LogP contribution in [0.1, 0.15) is 6.42 Å². The van der Waals surface area contributed by atoms with Crippen LogP contribution in [-0.4, -0.2) is 51.5 Å². The van der Waals surface area contributed by atoms with Crippen molar-refractivity contribution in [1.29, 1.82) is 0 Å². The standard InChI is InChI=1S/C11H14N6O2S2/c18-21(19)2-1-7(4-21)3-12-11(20)17-10-8-9(14-5-13-8)15-6-16-10/h5-7H,1-4H2,(H3,12,13,14,15,16,17,20)/t7-/m0/s1. The molecule has 1 saturated heterocycles. The Bertz CT molecular complexity index is 772. The van der Waals surface area contributed by atoms with E-state index in [0.29, 0.717) is 35.1 Å². The number of H-pyrrole nitrogens is 1. The van der Waals surface area contributed by atoms with Crippen LogP contribution in [0, 0.1) is 5.92 Å². The molecule has 0 spiro atoms. The van der Waals surface area contributed by atoms with Crippen LogP contribution in [0.5, 0.6) is 0 Å². The highest BCUT2D eigenvalue weighted by Gasteiger charge is 2.27. The number of rotatable bonds is 3. The van der Waals surface area contributed by atoms with Crippen molar-refractivity contribution in [3.63, 3.8) is 0 Å². The summed E-state index contributed by atoms with van der Waals surface area (Å²) in [5.74, 6) is 1.13. The van der Waals surface area contributed by atoms with E-state index >= 15 is 0 Å². The predicted molar refractivity (Wildman–Crippen MR) is 82.7 cm³/mol. The van der Waals surface area contributed by atoms with Gasteiger partial charge >= 0.3 is 0 Å². The summed E-state index contributed by atoms with van der Waals surface area (Å²) in [7, 11) is -2.86. The van der Waals surface area contributed by atoms with Crippen LogP contribution in [0.3, 0.4) is 0 Å². The second-order valence-corrected chi connectivity index (χ2v) is 7.56. The highest BCUT2D eigenvalue weighted by Crippen LogP contribution is 2.17. The fourth-order valence-corrected chi connectivity index (χ4v) is 4.32. The zero-order valence-electron chi connectivity index (χ0n) is 11.0. The van der Waals surface area contributed by atoms with E-state index in [2.05, 4.69) is 30.6 Å². The Kier molecular flexibility index (Phi) is 3.72. The molecule has 3 rings (SSSR count). The Morgan fingerprint density at radius 1 is 1.43 bits per heavy atom. The van der Waals surface area contributed by atoms with Crippen molar-refractivity contribution < 1.29 is 8.42 Å². The molecular weight excluding hydrogens is 312 g/mol. The number of nitrogens with one attached hydrogen (secondary N) is 3. The third-order valence-electron chi connectivity index (χ3n) is 3.33. The third-order valence-corrected chi connectivity index (χ3v) is 5.42. The first-order valence-electron chi connectivity index (χ1n) is 6.43. The van der Waals surface area contributed by atoms with Crippen LogP contribution < -0.4 is 10.6 Å². The molecule has 0 amide bonds. The number of fused-ring (bicyclic) bond motifs is 1. The van der Waals surface area contributed by atoms with Gasteiger partial charge in [-0.25, -0.2) is 23.4 Å². The van der Waals surface area contributed by atoms with Crippen molar-refractivity contribution in [2.45, 2.75) is 6.42 Å². The Balaban J connectivity index is 1.58. The van der Waals surface area contributed by atoms with Gasteiger partial charge in [0.2, 0.25) is 0 Å². The van der Waals surface area contributed by atoms with Gasteiger partial charge in [-0.3, -0.25) is 0 Å². The molecule has 112 valence electrons. The summed E-state index contributed by atoms with van der Waals surface area (Å²) in [4.78, 5) is 15.1. The maximum absolute atomic E-state index is 11.4. The topological polar surface area (TPSA) is 113 Å². The van der Waals surface area contributed by atoms with Gasteiger partial charge in [0.1, 0.15) is 11.8 Å². The first kappa shape index (κ1) is 14.1. The van der Waals surface area contributed by atoms with Crippen molar-refractivity contribution in [2.75, 3.05) is 23.4 Å². The average Bonchev–Trinajstić information content (AvgIpc) is 3.03. The van der Waals surface area contributed by atoms with E-state index in [-0.39, 0.29) is 17.4 Å². The van der Waals surface area contributed by atoms with Gasteiger partial charge < -0.3 is 15.6 Å². The van der Waals surface area contributed by atoms with Gasteiger partial charge in [0, 0.05) is 6.54 Å². The SMILES string of the molecule is O=S1(=O)CC[C@@H](CNC(=S)Nc2ncnc3nc[nH]c23)C1. The van der Waals surface area contributed by atoms with E-state index in [0.717, 1.165) is 0 Å². The lowest BCUT2D eigenvalue weighted by atomic mass is 10.1. The van der Waals surface area contributed by atoms with Crippen LogP contribution >= 0.6 is 12.2 Å². The molecule has 8 nitrogen and oxygen atoms in total. The van der Waals surface area contributed by atoms with Gasteiger partial charge in [0.25, 0.3) is 0 Å². The van der Waals surface area contributed by atoms with E-state index in [1.165, 1.54) is 12.7 Å². The van der Waals surface area contributed by atoms with Gasteiger partial charge in [0.05, 0.1) is 17.8 Å². The summed E-state index contributed by atoms with van der Waals surface area (Å²) in [5, 5.41) is 6.39. The minimum atomic E-state index is -2.86. The summed E-state index contributed by atoms with van der Waals surface area (Å²) in [5.41, 5.74) is 1.22. The summed E-state index contributed by atoms with van der Waals surface area (Å²) < 4.78 is 22.8. The molecule has 21 heavy (non-hydrogen) atoms. The van der Waals surface area contributed by atoms with Crippen LogP contribution in [0.15, 0.2) is 12.7 Å². The van der Waals surface area contributed by atoms with Crippen molar-refractivity contribution in [3.8, 4) is 0 Å². The van der Waals surface area contributed by atoms with Crippen LogP contribution in [0.25, 0.3) is 11.2 Å². The second kappa shape index (κ2) is 5.53. The number of aromatic amines is 1. The molecule has 1 fully saturated rings. The minimum Gasteiger partial charge on any atom is -0.362 e. The molecule has 1 atom stereocenters. The maximum Gasteiger partial charge on any atom is 0.182 e. The van der Waals surface area contributed by atoms with Crippen molar-refractivity contribution in [2.24, 2.45) is 5.92 Å². The lowest BCUT2D eigenvalue weighted by Gasteiger charge is -2.13. The third kappa shape index (κ3) is 3.27. The summed E-state index contributed by atoms with van der Waals surface area (Å²) in [6.45, 7) is 0.530. The number of aromatic nitrogens is 4. The molecule has 1 aliphatic rings. The lowest BCUT2D eigenvalue weighted by molar-refractivity contribution is 0.574. The number of hydrogen-bond donors (Lipinski definition) is 3. The smallest absolute Gasteiger partial charge is 0.182 e. The van der Waals surface area contributed by atoms with Crippen molar-refractivity contribution in [1.82, 2.24) is 25.3 Å². The quantitative estimate of drug-likeness (QED) is 0.680. The minimum absolute atomic E-state index is 0.104. The molecule has 0 radical (unpaired) electrons.